The van der Waals surface area contributed by atoms with Gasteiger partial charge in [-0.2, -0.15) is 0 Å². The zero-order chi connectivity index (χ0) is 9.68. The number of benzene rings is 1. The maximum Gasteiger partial charge on any atom is 0.127 e. The lowest BCUT2D eigenvalue weighted by Crippen LogP contribution is -2.20. The average molecular weight is 182 g/mol. The molecule has 0 heterocycles. The molecule has 1 aromatic carbocycles. The summed E-state index contributed by atoms with van der Waals surface area (Å²) in [4.78, 5) is 0. The second-order valence-corrected chi connectivity index (χ2v) is 2.94. The molecule has 0 aromatic heterocycles. The van der Waals surface area contributed by atoms with Crippen LogP contribution in [-0.2, 0) is 0 Å². The predicted molar refractivity (Wildman–Crippen MR) is 51.9 cm³/mol. The van der Waals surface area contributed by atoms with Crippen molar-refractivity contribution in [3.63, 3.8) is 0 Å². The molecule has 1 unspecified atom stereocenters. The van der Waals surface area contributed by atoms with Crippen LogP contribution in [0.15, 0.2) is 24.3 Å². The van der Waals surface area contributed by atoms with Crippen molar-refractivity contribution >= 4 is 0 Å². The maximum absolute atomic E-state index is 13.3. The molecule has 1 atom stereocenters. The Morgan fingerprint density at radius 1 is 1.46 bits per heavy atom. The molecule has 1 rings (SSSR count). The molecule has 0 aliphatic carbocycles. The summed E-state index contributed by atoms with van der Waals surface area (Å²) in [5.74, 6) is -0.171. The van der Waals surface area contributed by atoms with Crippen LogP contribution in [0.4, 0.5) is 4.39 Å². The van der Waals surface area contributed by atoms with E-state index in [0.717, 1.165) is 6.42 Å². The van der Waals surface area contributed by atoms with E-state index in [1.54, 1.807) is 12.1 Å². The van der Waals surface area contributed by atoms with Gasteiger partial charge in [-0.25, -0.2) is 4.39 Å². The fourth-order valence-electron chi connectivity index (χ4n) is 1.38. The average Bonchev–Trinajstić information content (AvgIpc) is 2.16. The highest BCUT2D eigenvalue weighted by Crippen LogP contribution is 2.18. The summed E-state index contributed by atoms with van der Waals surface area (Å²) in [5, 5.41) is 3.04. The van der Waals surface area contributed by atoms with Gasteiger partial charge in [0, 0.05) is 11.6 Å². The van der Waals surface area contributed by atoms with Gasteiger partial charge in [-0.15, -0.1) is 0 Å². The summed E-state index contributed by atoms with van der Waals surface area (Å²) in [7, 11) is 1.81. The number of rotatable bonds is 4. The molecule has 0 saturated heterocycles. The number of nitrogens with one attached hydrogen (secondary N) is 1. The molecule has 0 fully saturated rings. The van der Waals surface area contributed by atoms with Gasteiger partial charge in [-0.3, -0.25) is 0 Å². The molecule has 0 bridgehead atoms. The van der Waals surface area contributed by atoms with E-state index in [-0.39, 0.29) is 11.9 Å². The van der Waals surface area contributed by atoms with Crippen LogP contribution in [-0.4, -0.2) is 13.6 Å². The van der Waals surface area contributed by atoms with Gasteiger partial charge in [0.05, 0.1) is 0 Å². The fourth-order valence-corrected chi connectivity index (χ4v) is 1.38. The summed E-state index contributed by atoms with van der Waals surface area (Å²) >= 11 is 0. The van der Waals surface area contributed by atoms with Crippen molar-refractivity contribution in [3.8, 4) is 0 Å². The van der Waals surface area contributed by atoms with Gasteiger partial charge in [0.2, 0.25) is 0 Å². The monoisotopic (exact) mass is 182 g/mol. The van der Waals surface area contributed by atoms with Crippen molar-refractivity contribution in [1.29, 1.82) is 0 Å². The van der Waals surface area contributed by atoms with Crippen molar-refractivity contribution in [2.24, 2.45) is 5.73 Å². The summed E-state index contributed by atoms with van der Waals surface area (Å²) < 4.78 is 13.3. The zero-order valence-corrected chi connectivity index (χ0v) is 7.76. The van der Waals surface area contributed by atoms with Crippen molar-refractivity contribution < 1.29 is 4.39 Å². The number of hydrogen-bond donors (Lipinski definition) is 2. The molecule has 0 radical (unpaired) electrons. The lowest BCUT2D eigenvalue weighted by atomic mass is 10.0. The summed E-state index contributed by atoms with van der Waals surface area (Å²) in [6.07, 6.45) is 0.747. The minimum atomic E-state index is -0.171. The Kier molecular flexibility index (Phi) is 3.86. The van der Waals surface area contributed by atoms with Crippen LogP contribution in [0.25, 0.3) is 0 Å². The molecule has 0 amide bonds. The highest BCUT2D eigenvalue weighted by atomic mass is 19.1. The normalized spacial score (nSPS) is 12.8. The smallest absolute Gasteiger partial charge is 0.127 e. The lowest BCUT2D eigenvalue weighted by molar-refractivity contribution is 0.514. The van der Waals surface area contributed by atoms with Gasteiger partial charge in [-0.05, 0) is 26.1 Å². The molecule has 0 aliphatic rings. The molecule has 0 spiro atoms. The lowest BCUT2D eigenvalue weighted by Gasteiger charge is -2.15. The van der Waals surface area contributed by atoms with Gasteiger partial charge >= 0.3 is 0 Å². The van der Waals surface area contributed by atoms with E-state index in [4.69, 9.17) is 5.73 Å². The van der Waals surface area contributed by atoms with Crippen molar-refractivity contribution in [1.82, 2.24) is 5.32 Å². The molecule has 0 aliphatic heterocycles. The second kappa shape index (κ2) is 4.94. The topological polar surface area (TPSA) is 38.0 Å². The summed E-state index contributed by atoms with van der Waals surface area (Å²) in [5.41, 5.74) is 6.12. The third kappa shape index (κ3) is 2.50. The first kappa shape index (κ1) is 10.2. The first-order chi connectivity index (χ1) is 6.29. The van der Waals surface area contributed by atoms with Crippen LogP contribution in [0.1, 0.15) is 18.0 Å². The fraction of sp³-hybridized carbons (Fsp3) is 0.400. The third-order valence-corrected chi connectivity index (χ3v) is 2.08. The quantitative estimate of drug-likeness (QED) is 0.739. The minimum Gasteiger partial charge on any atom is -0.330 e. The first-order valence-corrected chi connectivity index (χ1v) is 4.41. The molecular weight excluding hydrogens is 167 g/mol. The molecule has 72 valence electrons. The van der Waals surface area contributed by atoms with Crippen LogP contribution in [0.2, 0.25) is 0 Å². The molecule has 2 nitrogen and oxygen atoms in total. The minimum absolute atomic E-state index is 0.0196. The van der Waals surface area contributed by atoms with E-state index in [9.17, 15) is 4.39 Å². The van der Waals surface area contributed by atoms with Gasteiger partial charge < -0.3 is 11.1 Å². The summed E-state index contributed by atoms with van der Waals surface area (Å²) in [6.45, 7) is 0.555. The Labute approximate surface area is 77.9 Å². The molecule has 3 N–H and O–H groups in total. The Balaban J connectivity index is 2.84. The van der Waals surface area contributed by atoms with E-state index in [0.29, 0.717) is 12.1 Å². The number of nitrogens with two attached hydrogens (primary N) is 1. The number of halogens is 1. The van der Waals surface area contributed by atoms with Crippen LogP contribution in [0, 0.1) is 5.82 Å². The third-order valence-electron chi connectivity index (χ3n) is 2.08. The van der Waals surface area contributed by atoms with E-state index < -0.39 is 0 Å². The van der Waals surface area contributed by atoms with Gasteiger partial charge in [-0.1, -0.05) is 18.2 Å². The van der Waals surface area contributed by atoms with Crippen molar-refractivity contribution in [2.45, 2.75) is 12.5 Å². The maximum atomic E-state index is 13.3. The molecular formula is C10H15FN2. The van der Waals surface area contributed by atoms with Gasteiger partial charge in [0.15, 0.2) is 0 Å². The zero-order valence-electron chi connectivity index (χ0n) is 7.76. The van der Waals surface area contributed by atoms with Crippen LogP contribution in [0.3, 0.4) is 0 Å². The Morgan fingerprint density at radius 3 is 2.69 bits per heavy atom. The number of hydrogen-bond acceptors (Lipinski definition) is 2. The van der Waals surface area contributed by atoms with Crippen molar-refractivity contribution in [2.75, 3.05) is 13.6 Å². The van der Waals surface area contributed by atoms with Gasteiger partial charge in [0.1, 0.15) is 5.82 Å². The van der Waals surface area contributed by atoms with E-state index in [2.05, 4.69) is 5.32 Å². The largest absolute Gasteiger partial charge is 0.330 e. The van der Waals surface area contributed by atoms with Crippen molar-refractivity contribution in [3.05, 3.63) is 35.6 Å². The SMILES string of the molecule is CNC(CCN)c1ccccc1F. The van der Waals surface area contributed by atoms with E-state index in [1.807, 2.05) is 13.1 Å². The Hall–Kier alpha value is -0.930. The molecule has 0 saturated carbocycles. The molecule has 3 heteroatoms. The van der Waals surface area contributed by atoms with E-state index >= 15 is 0 Å². The van der Waals surface area contributed by atoms with Crippen LogP contribution < -0.4 is 11.1 Å². The van der Waals surface area contributed by atoms with Crippen LogP contribution >= 0.6 is 0 Å². The van der Waals surface area contributed by atoms with E-state index in [1.165, 1.54) is 6.07 Å². The summed E-state index contributed by atoms with van der Waals surface area (Å²) in [6, 6.07) is 6.79. The first-order valence-electron chi connectivity index (χ1n) is 4.41. The standard InChI is InChI=1S/C10H15FN2/c1-13-10(6-7-12)8-4-2-3-5-9(8)11/h2-5,10,13H,6-7,12H2,1H3. The van der Waals surface area contributed by atoms with Crippen LogP contribution in [0.5, 0.6) is 0 Å². The molecule has 1 aromatic rings. The Bertz CT molecular complexity index is 263. The predicted octanol–water partition coefficient (Wildman–Crippen LogP) is 1.43. The Morgan fingerprint density at radius 2 is 2.15 bits per heavy atom. The second-order valence-electron chi connectivity index (χ2n) is 2.94. The molecule has 13 heavy (non-hydrogen) atoms. The van der Waals surface area contributed by atoms with Gasteiger partial charge in [0.25, 0.3) is 0 Å². The highest BCUT2D eigenvalue weighted by Gasteiger charge is 2.11. The highest BCUT2D eigenvalue weighted by molar-refractivity contribution is 5.21.